The minimum atomic E-state index is -4.76. The molecule has 0 saturated carbocycles. The maximum absolute atomic E-state index is 13.3. The monoisotopic (exact) mass is 515 g/mol. The van der Waals surface area contributed by atoms with Crippen molar-refractivity contribution < 1.29 is 27.5 Å². The number of hydrogen-bond donors (Lipinski definition) is 1. The van der Waals surface area contributed by atoms with Crippen molar-refractivity contribution in [2.24, 2.45) is 0 Å². The van der Waals surface area contributed by atoms with Crippen molar-refractivity contribution >= 4 is 39.9 Å². The molecule has 4 rings (SSSR count). The van der Waals surface area contributed by atoms with Crippen molar-refractivity contribution in [3.63, 3.8) is 0 Å². The highest BCUT2D eigenvalue weighted by molar-refractivity contribution is 6.34. The SMILES string of the molecule is O=C(COC(=O)c1nn(Cc2ccccc2)c(=O)c2ccccc12)Nc1c(Cl)cccc1C(F)(F)F. The third-order valence-corrected chi connectivity index (χ3v) is 5.47. The van der Waals surface area contributed by atoms with Crippen LogP contribution in [0.3, 0.4) is 0 Å². The second-order valence-electron chi connectivity index (χ2n) is 7.63. The fourth-order valence-corrected chi connectivity index (χ4v) is 3.73. The van der Waals surface area contributed by atoms with E-state index in [1.54, 1.807) is 36.4 Å². The fourth-order valence-electron chi connectivity index (χ4n) is 3.51. The van der Waals surface area contributed by atoms with Gasteiger partial charge >= 0.3 is 12.1 Å². The number of amides is 1. The molecule has 4 aromatic rings. The highest BCUT2D eigenvalue weighted by atomic mass is 35.5. The summed E-state index contributed by atoms with van der Waals surface area (Å²) in [6.07, 6.45) is -4.76. The Morgan fingerprint density at radius 3 is 2.31 bits per heavy atom. The van der Waals surface area contributed by atoms with Crippen LogP contribution >= 0.6 is 11.6 Å². The van der Waals surface area contributed by atoms with Gasteiger partial charge in [0.1, 0.15) is 0 Å². The Morgan fingerprint density at radius 1 is 0.944 bits per heavy atom. The molecule has 184 valence electrons. The van der Waals surface area contributed by atoms with Gasteiger partial charge < -0.3 is 10.1 Å². The summed E-state index contributed by atoms with van der Waals surface area (Å²) in [6.45, 7) is -0.826. The second kappa shape index (κ2) is 10.2. The highest BCUT2D eigenvalue weighted by Crippen LogP contribution is 2.38. The fraction of sp³-hybridized carbons (Fsp3) is 0.120. The number of fused-ring (bicyclic) bond motifs is 1. The Kier molecular flexibility index (Phi) is 7.07. The highest BCUT2D eigenvalue weighted by Gasteiger charge is 2.35. The van der Waals surface area contributed by atoms with E-state index in [1.165, 1.54) is 18.2 Å². The Labute approximate surface area is 207 Å². The van der Waals surface area contributed by atoms with Crippen LogP contribution in [-0.4, -0.2) is 28.3 Å². The molecule has 0 aliphatic carbocycles. The number of nitrogens with zero attached hydrogens (tertiary/aromatic N) is 2. The summed E-state index contributed by atoms with van der Waals surface area (Å²) in [6, 6.07) is 18.3. The first-order valence-corrected chi connectivity index (χ1v) is 10.9. The first-order chi connectivity index (χ1) is 17.1. The molecule has 3 aromatic carbocycles. The van der Waals surface area contributed by atoms with E-state index in [0.29, 0.717) is 0 Å². The summed E-state index contributed by atoms with van der Waals surface area (Å²) < 4.78 is 45.9. The van der Waals surface area contributed by atoms with Gasteiger partial charge in [0.25, 0.3) is 11.5 Å². The summed E-state index contributed by atoms with van der Waals surface area (Å²) in [7, 11) is 0. The lowest BCUT2D eigenvalue weighted by molar-refractivity contribution is -0.137. The Morgan fingerprint density at radius 2 is 1.61 bits per heavy atom. The minimum Gasteiger partial charge on any atom is -0.451 e. The molecule has 1 N–H and O–H groups in total. The van der Waals surface area contributed by atoms with Crippen LogP contribution in [0.25, 0.3) is 10.8 Å². The number of hydrogen-bond acceptors (Lipinski definition) is 5. The number of rotatable bonds is 6. The standard InChI is InChI=1S/C25H17ClF3N3O4/c26-19-12-6-11-18(25(27,28)29)22(19)30-20(33)14-36-24(35)21-16-9-4-5-10-17(16)23(34)32(31-21)13-15-7-2-1-3-8-15/h1-12H,13-14H2,(H,30,33). The molecule has 0 radical (unpaired) electrons. The van der Waals surface area contributed by atoms with Gasteiger partial charge in [-0.3, -0.25) is 9.59 Å². The van der Waals surface area contributed by atoms with Gasteiger partial charge in [-0.2, -0.15) is 18.3 Å². The van der Waals surface area contributed by atoms with Crippen LogP contribution in [0, 0.1) is 0 Å². The number of alkyl halides is 3. The smallest absolute Gasteiger partial charge is 0.418 e. The third-order valence-electron chi connectivity index (χ3n) is 5.15. The summed E-state index contributed by atoms with van der Waals surface area (Å²) in [5.74, 6) is -2.07. The van der Waals surface area contributed by atoms with Crippen molar-refractivity contribution in [2.45, 2.75) is 12.7 Å². The van der Waals surface area contributed by atoms with E-state index in [1.807, 2.05) is 11.4 Å². The average Bonchev–Trinajstić information content (AvgIpc) is 2.85. The topological polar surface area (TPSA) is 90.3 Å². The molecule has 1 heterocycles. The van der Waals surface area contributed by atoms with Gasteiger partial charge in [-0.25, -0.2) is 9.48 Å². The number of nitrogens with one attached hydrogen (secondary N) is 1. The molecule has 0 saturated heterocycles. The number of halogens is 4. The molecule has 0 spiro atoms. The third kappa shape index (κ3) is 5.38. The lowest BCUT2D eigenvalue weighted by Gasteiger charge is -2.15. The van der Waals surface area contributed by atoms with Gasteiger partial charge in [-0.15, -0.1) is 0 Å². The molecular weight excluding hydrogens is 499 g/mol. The van der Waals surface area contributed by atoms with Crippen LogP contribution in [0.5, 0.6) is 0 Å². The number of para-hydroxylation sites is 1. The van der Waals surface area contributed by atoms with Gasteiger partial charge in [-0.1, -0.05) is 66.2 Å². The van der Waals surface area contributed by atoms with Crippen molar-refractivity contribution in [1.29, 1.82) is 0 Å². The predicted molar refractivity (Wildman–Crippen MR) is 127 cm³/mol. The Balaban J connectivity index is 1.57. The van der Waals surface area contributed by atoms with Gasteiger partial charge in [0.05, 0.1) is 28.2 Å². The van der Waals surface area contributed by atoms with Crippen LogP contribution in [0.4, 0.5) is 18.9 Å². The summed E-state index contributed by atoms with van der Waals surface area (Å²) in [5.41, 5.74) is -1.67. The molecule has 0 fully saturated rings. The molecule has 1 aromatic heterocycles. The summed E-state index contributed by atoms with van der Waals surface area (Å²) in [4.78, 5) is 38.1. The summed E-state index contributed by atoms with van der Waals surface area (Å²) in [5, 5.41) is 6.28. The molecule has 0 bridgehead atoms. The van der Waals surface area contributed by atoms with E-state index in [0.717, 1.165) is 22.4 Å². The first kappa shape index (κ1) is 24.9. The molecule has 0 unspecified atom stereocenters. The molecular formula is C25H17ClF3N3O4. The van der Waals surface area contributed by atoms with Gasteiger partial charge in [-0.05, 0) is 23.8 Å². The van der Waals surface area contributed by atoms with Crippen LogP contribution < -0.4 is 10.9 Å². The number of anilines is 1. The number of ether oxygens (including phenoxy) is 1. The van der Waals surface area contributed by atoms with Crippen LogP contribution in [0.1, 0.15) is 21.6 Å². The lowest BCUT2D eigenvalue weighted by Crippen LogP contribution is -2.28. The van der Waals surface area contributed by atoms with Gasteiger partial charge in [0.15, 0.2) is 12.3 Å². The van der Waals surface area contributed by atoms with Crippen molar-refractivity contribution in [1.82, 2.24) is 9.78 Å². The number of aromatic nitrogens is 2. The largest absolute Gasteiger partial charge is 0.451 e. The number of carbonyl (C=O) groups excluding carboxylic acids is 2. The Bertz CT molecular complexity index is 1500. The first-order valence-electron chi connectivity index (χ1n) is 10.5. The maximum Gasteiger partial charge on any atom is 0.418 e. The molecule has 0 atom stereocenters. The van der Waals surface area contributed by atoms with E-state index in [-0.39, 0.29) is 28.0 Å². The summed E-state index contributed by atoms with van der Waals surface area (Å²) >= 11 is 5.84. The normalized spacial score (nSPS) is 11.3. The number of carbonyl (C=O) groups is 2. The lowest BCUT2D eigenvalue weighted by atomic mass is 10.1. The van der Waals surface area contributed by atoms with E-state index >= 15 is 0 Å². The van der Waals surface area contributed by atoms with Crippen molar-refractivity contribution in [2.75, 3.05) is 11.9 Å². The van der Waals surface area contributed by atoms with E-state index in [2.05, 4.69) is 5.10 Å². The second-order valence-corrected chi connectivity index (χ2v) is 8.03. The molecule has 0 aliphatic heterocycles. The maximum atomic E-state index is 13.3. The number of benzene rings is 3. The van der Waals surface area contributed by atoms with Crippen LogP contribution in [0.15, 0.2) is 77.6 Å². The van der Waals surface area contributed by atoms with Gasteiger partial charge in [0, 0.05) is 5.39 Å². The minimum absolute atomic E-state index is 0.0813. The molecule has 1 amide bonds. The van der Waals surface area contributed by atoms with Crippen LogP contribution in [-0.2, 0) is 22.3 Å². The van der Waals surface area contributed by atoms with E-state index < -0.39 is 41.5 Å². The quantitative estimate of drug-likeness (QED) is 0.368. The van der Waals surface area contributed by atoms with Gasteiger partial charge in [0.2, 0.25) is 0 Å². The van der Waals surface area contributed by atoms with Crippen LogP contribution in [0.2, 0.25) is 5.02 Å². The van der Waals surface area contributed by atoms with Crippen molar-refractivity contribution in [3.8, 4) is 0 Å². The van der Waals surface area contributed by atoms with E-state index in [4.69, 9.17) is 16.3 Å². The average molecular weight is 516 g/mol. The van der Waals surface area contributed by atoms with Crippen molar-refractivity contribution in [3.05, 3.63) is 105 Å². The number of esters is 1. The zero-order valence-electron chi connectivity index (χ0n) is 18.4. The molecule has 7 nitrogen and oxygen atoms in total. The molecule has 11 heteroatoms. The predicted octanol–water partition coefficient (Wildman–Crippen LogP) is 4.91. The molecule has 0 aliphatic rings. The van der Waals surface area contributed by atoms with E-state index in [9.17, 15) is 27.6 Å². The zero-order valence-corrected chi connectivity index (χ0v) is 19.1. The molecule has 36 heavy (non-hydrogen) atoms. The Hall–Kier alpha value is -4.18. The zero-order chi connectivity index (χ0) is 25.9.